The molecular formula is C23H26N4O2S3. The Balaban J connectivity index is 1.60. The summed E-state index contributed by atoms with van der Waals surface area (Å²) in [5, 5.41) is 0. The molecule has 168 valence electrons. The maximum atomic E-state index is 13.6. The zero-order valence-corrected chi connectivity index (χ0v) is 20.5. The summed E-state index contributed by atoms with van der Waals surface area (Å²) in [6, 6.07) is 4.02. The summed E-state index contributed by atoms with van der Waals surface area (Å²) in [5.41, 5.74) is 1.94. The molecule has 9 heteroatoms. The van der Waals surface area contributed by atoms with Crippen LogP contribution in [-0.2, 0) is 4.79 Å². The first-order chi connectivity index (χ1) is 15.5. The van der Waals surface area contributed by atoms with Gasteiger partial charge in [0.15, 0.2) is 0 Å². The van der Waals surface area contributed by atoms with E-state index in [1.807, 2.05) is 37.0 Å². The van der Waals surface area contributed by atoms with Gasteiger partial charge in [-0.25, -0.2) is 4.98 Å². The van der Waals surface area contributed by atoms with Crippen LogP contribution >= 0.6 is 35.7 Å². The van der Waals surface area contributed by atoms with Crippen molar-refractivity contribution >= 4 is 63.5 Å². The highest BCUT2D eigenvalue weighted by molar-refractivity contribution is 8.26. The van der Waals surface area contributed by atoms with Gasteiger partial charge in [0.2, 0.25) is 0 Å². The minimum absolute atomic E-state index is 0.0687. The minimum atomic E-state index is -0.144. The number of nitrogens with zero attached hydrogens (tertiary/aromatic N) is 4. The molecule has 1 amide bonds. The van der Waals surface area contributed by atoms with Crippen LogP contribution in [0.1, 0.15) is 43.2 Å². The number of thioether (sulfide) groups is 2. The van der Waals surface area contributed by atoms with E-state index in [-0.39, 0.29) is 17.5 Å². The molecule has 0 bridgehead atoms. The summed E-state index contributed by atoms with van der Waals surface area (Å²) >= 11 is 8.81. The predicted octanol–water partition coefficient (Wildman–Crippen LogP) is 4.09. The number of fused-ring (bicyclic) bond motifs is 1. The van der Waals surface area contributed by atoms with Crippen molar-refractivity contribution in [2.75, 3.05) is 29.5 Å². The molecule has 3 aliphatic rings. The van der Waals surface area contributed by atoms with E-state index in [2.05, 4.69) is 4.90 Å². The molecule has 0 aromatic carbocycles. The fraction of sp³-hybridized carbons (Fsp3) is 0.478. The van der Waals surface area contributed by atoms with E-state index in [9.17, 15) is 9.59 Å². The maximum Gasteiger partial charge on any atom is 0.267 e. The molecule has 5 rings (SSSR count). The Kier molecular flexibility index (Phi) is 6.31. The van der Waals surface area contributed by atoms with Crippen LogP contribution in [0, 0.1) is 6.92 Å². The minimum Gasteiger partial charge on any atom is -0.354 e. The van der Waals surface area contributed by atoms with Gasteiger partial charge in [0, 0.05) is 36.8 Å². The molecule has 3 fully saturated rings. The quantitative estimate of drug-likeness (QED) is 0.478. The van der Waals surface area contributed by atoms with E-state index in [0.717, 1.165) is 55.8 Å². The summed E-state index contributed by atoms with van der Waals surface area (Å²) in [4.78, 5) is 36.3. The zero-order chi connectivity index (χ0) is 22.2. The third kappa shape index (κ3) is 4.10. The summed E-state index contributed by atoms with van der Waals surface area (Å²) in [6.07, 6.45) is 9.03. The number of aryl methyl sites for hydroxylation is 1. The lowest BCUT2D eigenvalue weighted by molar-refractivity contribution is -0.124. The second-order valence-electron chi connectivity index (χ2n) is 8.53. The van der Waals surface area contributed by atoms with Crippen molar-refractivity contribution in [3.05, 3.63) is 44.7 Å². The molecule has 32 heavy (non-hydrogen) atoms. The van der Waals surface area contributed by atoms with Crippen molar-refractivity contribution in [1.82, 2.24) is 14.3 Å². The number of aromatic nitrogens is 2. The monoisotopic (exact) mass is 486 g/mol. The topological polar surface area (TPSA) is 57.9 Å². The van der Waals surface area contributed by atoms with E-state index in [0.29, 0.717) is 26.3 Å². The molecule has 1 saturated carbocycles. The fourth-order valence-electron chi connectivity index (χ4n) is 4.65. The van der Waals surface area contributed by atoms with Crippen LogP contribution < -0.4 is 10.5 Å². The van der Waals surface area contributed by atoms with Crippen molar-refractivity contribution in [3.8, 4) is 0 Å². The molecule has 6 nitrogen and oxygen atoms in total. The second-order valence-corrected chi connectivity index (χ2v) is 11.4. The molecule has 2 saturated heterocycles. The molecule has 4 heterocycles. The van der Waals surface area contributed by atoms with Gasteiger partial charge in [-0.15, -0.1) is 0 Å². The fourth-order valence-corrected chi connectivity index (χ4v) is 6.94. The normalized spacial score (nSPS) is 21.8. The van der Waals surface area contributed by atoms with Gasteiger partial charge in [-0.05, 0) is 37.5 Å². The third-order valence-electron chi connectivity index (χ3n) is 6.33. The number of anilines is 1. The Bertz CT molecular complexity index is 1160. The first kappa shape index (κ1) is 22.0. The van der Waals surface area contributed by atoms with Crippen LogP contribution in [0.15, 0.2) is 28.0 Å². The summed E-state index contributed by atoms with van der Waals surface area (Å²) in [6.45, 7) is 3.63. The Morgan fingerprint density at radius 3 is 2.62 bits per heavy atom. The third-order valence-corrected chi connectivity index (χ3v) is 8.61. The number of carbonyl (C=O) groups is 1. The molecular weight excluding hydrogens is 460 g/mol. The number of pyridine rings is 1. The predicted molar refractivity (Wildman–Crippen MR) is 138 cm³/mol. The smallest absolute Gasteiger partial charge is 0.267 e. The van der Waals surface area contributed by atoms with Crippen LogP contribution in [-0.4, -0.2) is 55.1 Å². The number of amides is 1. The van der Waals surface area contributed by atoms with Gasteiger partial charge < -0.3 is 4.90 Å². The Morgan fingerprint density at radius 1 is 1.12 bits per heavy atom. The molecule has 0 atom stereocenters. The van der Waals surface area contributed by atoms with Crippen LogP contribution in [0.5, 0.6) is 0 Å². The molecule has 0 spiro atoms. The molecule has 0 unspecified atom stereocenters. The molecule has 2 aromatic heterocycles. The van der Waals surface area contributed by atoms with Crippen LogP contribution in [0.4, 0.5) is 5.82 Å². The average Bonchev–Trinajstić information content (AvgIpc) is 3.09. The highest BCUT2D eigenvalue weighted by Gasteiger charge is 2.38. The number of carbonyl (C=O) groups excluding carboxylic acids is 1. The van der Waals surface area contributed by atoms with Gasteiger partial charge in [-0.3, -0.25) is 18.9 Å². The zero-order valence-electron chi connectivity index (χ0n) is 18.1. The lowest BCUT2D eigenvalue weighted by Gasteiger charge is -2.30. The Labute approximate surface area is 201 Å². The summed E-state index contributed by atoms with van der Waals surface area (Å²) in [5.74, 6) is 2.60. The molecule has 1 aliphatic carbocycles. The van der Waals surface area contributed by atoms with Gasteiger partial charge >= 0.3 is 0 Å². The SMILES string of the molecule is Cc1ccc2nc(N3CCSCC3)c(/C=C3\SC(=S)N(C4CCCCC4)C3=O)c(=O)n2c1. The van der Waals surface area contributed by atoms with Gasteiger partial charge in [0.1, 0.15) is 15.8 Å². The van der Waals surface area contributed by atoms with Gasteiger partial charge in [0.05, 0.1) is 10.5 Å². The standard InChI is InChI=1S/C23H26N4O2S3/c1-15-7-8-19-24-20(25-9-11-31-12-10-25)17(21(28)26(19)14-15)13-18-22(29)27(23(30)32-18)16-5-3-2-4-6-16/h7-8,13-14,16H,2-6,9-12H2,1H3/b18-13-. The highest BCUT2D eigenvalue weighted by Crippen LogP contribution is 2.38. The van der Waals surface area contributed by atoms with Gasteiger partial charge in [0.25, 0.3) is 11.5 Å². The Hall–Kier alpha value is -1.84. The average molecular weight is 487 g/mol. The van der Waals surface area contributed by atoms with Crippen molar-refractivity contribution in [1.29, 1.82) is 0 Å². The number of hydrogen-bond acceptors (Lipinski definition) is 7. The van der Waals surface area contributed by atoms with Crippen molar-refractivity contribution in [2.24, 2.45) is 0 Å². The first-order valence-corrected chi connectivity index (χ1v) is 13.5. The molecule has 2 aromatic rings. The number of hydrogen-bond donors (Lipinski definition) is 0. The second kappa shape index (κ2) is 9.19. The van der Waals surface area contributed by atoms with E-state index < -0.39 is 0 Å². The lowest BCUT2D eigenvalue weighted by Crippen LogP contribution is -2.39. The maximum absolute atomic E-state index is 13.6. The van der Waals surface area contributed by atoms with Crippen LogP contribution in [0.2, 0.25) is 0 Å². The van der Waals surface area contributed by atoms with E-state index in [1.165, 1.54) is 18.2 Å². The Morgan fingerprint density at radius 2 is 1.88 bits per heavy atom. The number of thiocarbonyl (C=S) groups is 1. The number of rotatable bonds is 3. The van der Waals surface area contributed by atoms with Crippen LogP contribution in [0.3, 0.4) is 0 Å². The highest BCUT2D eigenvalue weighted by atomic mass is 32.2. The summed E-state index contributed by atoms with van der Waals surface area (Å²) in [7, 11) is 0. The molecule has 0 N–H and O–H groups in total. The van der Waals surface area contributed by atoms with E-state index >= 15 is 0 Å². The largest absolute Gasteiger partial charge is 0.354 e. The molecule has 2 aliphatic heterocycles. The van der Waals surface area contributed by atoms with E-state index in [4.69, 9.17) is 17.2 Å². The van der Waals surface area contributed by atoms with Crippen molar-refractivity contribution in [2.45, 2.75) is 45.1 Å². The lowest BCUT2D eigenvalue weighted by atomic mass is 9.94. The van der Waals surface area contributed by atoms with Gasteiger partial charge in [-0.2, -0.15) is 11.8 Å². The van der Waals surface area contributed by atoms with E-state index in [1.54, 1.807) is 15.4 Å². The van der Waals surface area contributed by atoms with Crippen LogP contribution in [0.25, 0.3) is 11.7 Å². The van der Waals surface area contributed by atoms with Gasteiger partial charge in [-0.1, -0.05) is 49.3 Å². The summed E-state index contributed by atoms with van der Waals surface area (Å²) < 4.78 is 2.19. The van der Waals surface area contributed by atoms with Crippen molar-refractivity contribution < 1.29 is 4.79 Å². The van der Waals surface area contributed by atoms with Crippen molar-refractivity contribution in [3.63, 3.8) is 0 Å². The molecule has 0 radical (unpaired) electrons. The first-order valence-electron chi connectivity index (χ1n) is 11.2.